The van der Waals surface area contributed by atoms with Crippen molar-refractivity contribution in [2.75, 3.05) is 0 Å². The molecule has 31 heavy (non-hydrogen) atoms. The van der Waals surface area contributed by atoms with Gasteiger partial charge in [-0.25, -0.2) is 0 Å². The molecule has 0 amide bonds. The molecule has 6 aromatic rings. The van der Waals surface area contributed by atoms with Gasteiger partial charge in [-0.3, -0.25) is 0 Å². The second-order valence-corrected chi connectivity index (χ2v) is 7.21. The topological polar surface area (TPSA) is 9.86 Å². The lowest BCUT2D eigenvalue weighted by molar-refractivity contribution is 1.08. The van der Waals surface area contributed by atoms with Gasteiger partial charge < -0.3 is 9.13 Å². The molecule has 0 spiro atoms. The van der Waals surface area contributed by atoms with E-state index in [1.807, 2.05) is 48.5 Å². The zero-order chi connectivity index (χ0) is 29.3. The monoisotopic (exact) mass is 408 g/mol. The molecular formula is C29H22N2. The Balaban J connectivity index is 1.57. The normalized spacial score (nSPS) is 15.9. The van der Waals surface area contributed by atoms with Crippen molar-refractivity contribution in [3.63, 3.8) is 0 Å². The van der Waals surface area contributed by atoms with Crippen molar-refractivity contribution in [3.8, 4) is 11.4 Å². The van der Waals surface area contributed by atoms with Crippen LogP contribution in [0.25, 0.3) is 33.2 Å². The van der Waals surface area contributed by atoms with Gasteiger partial charge in [0.2, 0.25) is 0 Å². The van der Waals surface area contributed by atoms with Crippen LogP contribution in [0.2, 0.25) is 0 Å². The maximum absolute atomic E-state index is 8.50. The summed E-state index contributed by atoms with van der Waals surface area (Å²) in [5.41, 5.74) is 3.12. The van der Waals surface area contributed by atoms with Gasteiger partial charge in [0.1, 0.15) is 0 Å². The van der Waals surface area contributed by atoms with E-state index >= 15 is 0 Å². The van der Waals surface area contributed by atoms with Crippen LogP contribution in [0.3, 0.4) is 0 Å². The quantitative estimate of drug-likeness (QED) is 0.293. The Hall–Kier alpha value is -4.04. The number of hydrogen-bond acceptors (Lipinski definition) is 0. The van der Waals surface area contributed by atoms with E-state index in [1.165, 1.54) is 0 Å². The van der Waals surface area contributed by atoms with Crippen molar-refractivity contribution >= 4 is 21.8 Å². The van der Waals surface area contributed by atoms with Gasteiger partial charge in [0, 0.05) is 41.0 Å². The largest absolute Gasteiger partial charge is 0.316 e. The fourth-order valence-corrected chi connectivity index (χ4v) is 4.08. The minimum Gasteiger partial charge on any atom is -0.316 e. The summed E-state index contributed by atoms with van der Waals surface area (Å²) in [6.45, 7) is 0. The van der Waals surface area contributed by atoms with Crippen molar-refractivity contribution in [2.24, 2.45) is 0 Å². The Morgan fingerprint density at radius 3 is 1.42 bits per heavy atom. The van der Waals surface area contributed by atoms with Gasteiger partial charge in [-0.1, -0.05) is 72.7 Å². The van der Waals surface area contributed by atoms with Gasteiger partial charge in [-0.15, -0.1) is 0 Å². The van der Waals surface area contributed by atoms with Crippen LogP contribution in [0.15, 0.2) is 121 Å². The number of hydrogen-bond donors (Lipinski definition) is 0. The highest BCUT2D eigenvalue weighted by molar-refractivity contribution is 5.89. The number of para-hydroxylation sites is 4. The Morgan fingerprint density at radius 1 is 0.548 bits per heavy atom. The molecule has 0 atom stereocenters. The smallest absolute Gasteiger partial charge is 0.0645 e. The second-order valence-electron chi connectivity index (χ2n) is 7.21. The SMILES string of the molecule is [2H]c1c([2H])c([2H])c(-n2cc(Cc3cn(-c4c([2H])c([2H])c([2H])c([2H])c4[2H])c4ccccc34)c3ccccc32)c([2H])c1[2H]. The highest BCUT2D eigenvalue weighted by Crippen LogP contribution is 2.31. The number of nitrogens with zero attached hydrogens (tertiary/aromatic N) is 2. The Labute approximate surface area is 195 Å². The minimum absolute atomic E-state index is 0.0556. The van der Waals surface area contributed by atoms with Crippen LogP contribution in [-0.4, -0.2) is 9.13 Å². The summed E-state index contributed by atoms with van der Waals surface area (Å²) in [6, 6.07) is 11.1. The highest BCUT2D eigenvalue weighted by Gasteiger charge is 2.14. The maximum atomic E-state index is 8.50. The van der Waals surface area contributed by atoms with E-state index in [4.69, 9.17) is 13.7 Å². The van der Waals surface area contributed by atoms with Crippen molar-refractivity contribution in [3.05, 3.63) is 132 Å². The minimum atomic E-state index is -0.458. The van der Waals surface area contributed by atoms with Crippen molar-refractivity contribution < 1.29 is 13.7 Å². The third kappa shape index (κ3) is 3.04. The summed E-state index contributed by atoms with van der Waals surface area (Å²) in [4.78, 5) is 0. The molecule has 0 aliphatic carbocycles. The van der Waals surface area contributed by atoms with Gasteiger partial charge >= 0.3 is 0 Å². The number of fused-ring (bicyclic) bond motifs is 2. The van der Waals surface area contributed by atoms with Crippen LogP contribution >= 0.6 is 0 Å². The Morgan fingerprint density at radius 2 is 0.968 bits per heavy atom. The molecule has 0 aliphatic heterocycles. The molecule has 0 radical (unpaired) electrons. The van der Waals surface area contributed by atoms with Crippen molar-refractivity contribution in [1.82, 2.24) is 9.13 Å². The van der Waals surface area contributed by atoms with Gasteiger partial charge in [0.15, 0.2) is 0 Å². The highest BCUT2D eigenvalue weighted by atomic mass is 15.0. The van der Waals surface area contributed by atoms with Crippen LogP contribution in [0.5, 0.6) is 0 Å². The summed E-state index contributed by atoms with van der Waals surface area (Å²) in [5, 5.41) is 1.66. The maximum Gasteiger partial charge on any atom is 0.0645 e. The molecule has 0 bridgehead atoms. The first-order valence-electron chi connectivity index (χ1n) is 14.8. The predicted octanol–water partition coefficient (Wildman–Crippen LogP) is 7.17. The van der Waals surface area contributed by atoms with Crippen LogP contribution in [0, 0.1) is 0 Å². The van der Waals surface area contributed by atoms with Crippen molar-refractivity contribution in [1.29, 1.82) is 0 Å². The zero-order valence-electron chi connectivity index (χ0n) is 26.4. The third-order valence-corrected chi connectivity index (χ3v) is 5.43. The second kappa shape index (κ2) is 7.33. The van der Waals surface area contributed by atoms with Gasteiger partial charge in [-0.05, 0) is 47.4 Å². The van der Waals surface area contributed by atoms with Crippen LogP contribution in [0.4, 0.5) is 0 Å². The van der Waals surface area contributed by atoms with E-state index in [1.54, 1.807) is 21.5 Å². The molecule has 0 fully saturated rings. The fourth-order valence-electron chi connectivity index (χ4n) is 4.08. The molecule has 0 unspecified atom stereocenters. The first-order chi connectivity index (χ1) is 19.5. The molecule has 0 saturated heterocycles. The zero-order valence-corrected chi connectivity index (χ0v) is 16.4. The van der Waals surface area contributed by atoms with E-state index in [0.717, 1.165) is 21.9 Å². The standard InChI is InChI=1S/C29H22N2/c1-3-11-24(12-4-1)30-20-22(26-15-7-9-17-28(26)30)19-23-21-31(25-13-5-2-6-14-25)29-18-10-8-16-27(23)29/h1-18,20-21H,19H2/i1D,2D,3D,4D,5D,6D,11D,12D,13D,14D. The molecule has 2 heterocycles. The average molecular weight is 409 g/mol. The Bertz CT molecular complexity index is 1840. The predicted molar refractivity (Wildman–Crippen MR) is 129 cm³/mol. The molecule has 0 saturated carbocycles. The summed E-state index contributed by atoms with van der Waals surface area (Å²) < 4.78 is 85.7. The average Bonchev–Trinajstić information content (AvgIpc) is 3.52. The van der Waals surface area contributed by atoms with E-state index < -0.39 is 36.3 Å². The van der Waals surface area contributed by atoms with E-state index in [-0.39, 0.29) is 35.5 Å². The van der Waals surface area contributed by atoms with Crippen LogP contribution < -0.4 is 0 Å². The summed E-state index contributed by atoms with van der Waals surface area (Å²) >= 11 is 0. The lowest BCUT2D eigenvalue weighted by Gasteiger charge is -2.04. The van der Waals surface area contributed by atoms with Gasteiger partial charge in [-0.2, -0.15) is 0 Å². The molecule has 0 N–H and O–H groups in total. The van der Waals surface area contributed by atoms with E-state index in [0.29, 0.717) is 17.5 Å². The lowest BCUT2D eigenvalue weighted by atomic mass is 10.0. The van der Waals surface area contributed by atoms with Gasteiger partial charge in [0.25, 0.3) is 0 Å². The third-order valence-electron chi connectivity index (χ3n) is 5.43. The summed E-state index contributed by atoms with van der Waals surface area (Å²) in [6.07, 6.45) is 3.92. The molecule has 0 aliphatic rings. The van der Waals surface area contributed by atoms with Crippen molar-refractivity contribution in [2.45, 2.75) is 6.42 Å². The first-order valence-corrected chi connectivity index (χ1v) is 9.85. The first kappa shape index (κ1) is 10.3. The lowest BCUT2D eigenvalue weighted by Crippen LogP contribution is -1.91. The summed E-state index contributed by atoms with van der Waals surface area (Å²) in [7, 11) is 0. The van der Waals surface area contributed by atoms with Crippen LogP contribution in [-0.2, 0) is 6.42 Å². The molecule has 4 aromatic carbocycles. The fraction of sp³-hybridized carbons (Fsp3) is 0.0345. The van der Waals surface area contributed by atoms with Gasteiger partial charge in [0.05, 0.1) is 24.7 Å². The number of benzene rings is 4. The Kier molecular flexibility index (Phi) is 2.44. The number of rotatable bonds is 4. The molecule has 148 valence electrons. The molecule has 2 heteroatoms. The van der Waals surface area contributed by atoms with E-state index in [9.17, 15) is 0 Å². The molecule has 2 nitrogen and oxygen atoms in total. The van der Waals surface area contributed by atoms with E-state index in [2.05, 4.69) is 0 Å². The molecule has 6 rings (SSSR count). The number of aromatic nitrogens is 2. The molecular weight excluding hydrogens is 376 g/mol. The van der Waals surface area contributed by atoms with Crippen LogP contribution in [0.1, 0.15) is 24.8 Å². The molecule has 2 aromatic heterocycles. The summed E-state index contributed by atoms with van der Waals surface area (Å²) in [5.74, 6) is 0.